The minimum absolute atomic E-state index is 0.00683. The van der Waals surface area contributed by atoms with E-state index in [1.165, 1.54) is 5.01 Å². The van der Waals surface area contributed by atoms with Gasteiger partial charge in [-0.25, -0.2) is 9.78 Å². The Morgan fingerprint density at radius 1 is 1.43 bits per heavy atom. The second-order valence-corrected chi connectivity index (χ2v) is 6.69. The number of hydrogen-bond donors (Lipinski definition) is 1. The summed E-state index contributed by atoms with van der Waals surface area (Å²) in [6.45, 7) is 4.16. The van der Waals surface area contributed by atoms with Crippen LogP contribution in [0.2, 0.25) is 0 Å². The number of rotatable bonds is 4. The lowest BCUT2D eigenvalue weighted by atomic mass is 9.99. The molecule has 0 saturated carbocycles. The number of pyridine rings is 1. The van der Waals surface area contributed by atoms with Gasteiger partial charge in [-0.15, -0.1) is 11.3 Å². The molecule has 2 aromatic heterocycles. The van der Waals surface area contributed by atoms with E-state index in [0.717, 1.165) is 43.7 Å². The maximum Gasteiger partial charge on any atom is 0.317 e. The molecule has 2 amide bonds. The van der Waals surface area contributed by atoms with Gasteiger partial charge in [-0.3, -0.25) is 4.98 Å². The highest BCUT2D eigenvalue weighted by Crippen LogP contribution is 2.29. The lowest BCUT2D eigenvalue weighted by Gasteiger charge is -2.31. The van der Waals surface area contributed by atoms with Crippen LogP contribution in [0, 0.1) is 0 Å². The minimum Gasteiger partial charge on any atom is -0.332 e. The van der Waals surface area contributed by atoms with Gasteiger partial charge >= 0.3 is 6.03 Å². The summed E-state index contributed by atoms with van der Waals surface area (Å²) in [6.07, 6.45) is 4.85. The molecule has 5 nitrogen and oxygen atoms in total. The van der Waals surface area contributed by atoms with Gasteiger partial charge in [-0.2, -0.15) is 0 Å². The molecular weight excluding hydrogens is 308 g/mol. The van der Waals surface area contributed by atoms with E-state index in [-0.39, 0.29) is 6.03 Å². The van der Waals surface area contributed by atoms with Crippen molar-refractivity contribution >= 4 is 17.4 Å². The first kappa shape index (κ1) is 15.9. The molecule has 0 radical (unpaired) electrons. The third kappa shape index (κ3) is 4.07. The highest BCUT2D eigenvalue weighted by atomic mass is 32.1. The Bertz CT molecular complexity index is 643. The zero-order valence-corrected chi connectivity index (χ0v) is 14.2. The van der Waals surface area contributed by atoms with E-state index in [4.69, 9.17) is 0 Å². The molecule has 1 saturated heterocycles. The van der Waals surface area contributed by atoms with Gasteiger partial charge in [-0.1, -0.05) is 13.0 Å². The van der Waals surface area contributed by atoms with Crippen LogP contribution < -0.4 is 5.32 Å². The number of nitrogens with one attached hydrogen (secondary N) is 1. The van der Waals surface area contributed by atoms with Crippen LogP contribution in [0.1, 0.15) is 42.1 Å². The Balaban J connectivity index is 1.56. The van der Waals surface area contributed by atoms with Crippen molar-refractivity contribution in [3.8, 4) is 0 Å². The Hall–Kier alpha value is -1.95. The zero-order valence-electron chi connectivity index (χ0n) is 13.4. The number of urea groups is 1. The summed E-state index contributed by atoms with van der Waals surface area (Å²) in [7, 11) is 0. The fraction of sp³-hybridized carbons (Fsp3) is 0.471. The minimum atomic E-state index is -0.00683. The topological polar surface area (TPSA) is 58.1 Å². The van der Waals surface area contributed by atoms with Gasteiger partial charge < -0.3 is 10.2 Å². The van der Waals surface area contributed by atoms with Gasteiger partial charge in [0.2, 0.25) is 0 Å². The van der Waals surface area contributed by atoms with Crippen molar-refractivity contribution in [2.75, 3.05) is 13.1 Å². The molecule has 2 aromatic rings. The summed E-state index contributed by atoms with van der Waals surface area (Å²) in [5.74, 6) is 0.370. The molecule has 0 bridgehead atoms. The fourth-order valence-electron chi connectivity index (χ4n) is 2.82. The van der Waals surface area contributed by atoms with Gasteiger partial charge in [0.05, 0.1) is 22.9 Å². The number of aromatic nitrogens is 2. The van der Waals surface area contributed by atoms with E-state index < -0.39 is 0 Å². The normalized spacial score (nSPS) is 18.0. The van der Waals surface area contributed by atoms with Crippen molar-refractivity contribution in [1.82, 2.24) is 20.2 Å². The predicted octanol–water partition coefficient (Wildman–Crippen LogP) is 3.19. The average molecular weight is 330 g/mol. The highest BCUT2D eigenvalue weighted by molar-refractivity contribution is 7.09. The fourth-order valence-corrected chi connectivity index (χ4v) is 3.85. The first-order chi connectivity index (χ1) is 11.3. The maximum atomic E-state index is 12.4. The molecule has 1 N–H and O–H groups in total. The molecular formula is C17H22N4OS. The largest absolute Gasteiger partial charge is 0.332 e. The molecule has 1 unspecified atom stereocenters. The van der Waals surface area contributed by atoms with E-state index in [9.17, 15) is 4.79 Å². The number of nitrogens with zero attached hydrogens (tertiary/aromatic N) is 3. The summed E-state index contributed by atoms with van der Waals surface area (Å²) in [5.41, 5.74) is 2.03. The van der Waals surface area contributed by atoms with E-state index in [2.05, 4.69) is 27.6 Å². The SMILES string of the molecule is CCc1csc(C2CCCN(C(=O)NCc3ccccn3)C2)n1. The van der Waals surface area contributed by atoms with E-state index >= 15 is 0 Å². The number of thiazole rings is 1. The van der Waals surface area contributed by atoms with Gasteiger partial charge in [-0.05, 0) is 31.4 Å². The van der Waals surface area contributed by atoms with Crippen molar-refractivity contribution < 1.29 is 4.79 Å². The zero-order chi connectivity index (χ0) is 16.1. The lowest BCUT2D eigenvalue weighted by molar-refractivity contribution is 0.179. The van der Waals surface area contributed by atoms with Crippen LogP contribution in [0.5, 0.6) is 0 Å². The third-order valence-corrected chi connectivity index (χ3v) is 5.19. The van der Waals surface area contributed by atoms with Crippen molar-refractivity contribution in [2.45, 2.75) is 38.6 Å². The number of hydrogen-bond acceptors (Lipinski definition) is 4. The Morgan fingerprint density at radius 2 is 2.35 bits per heavy atom. The van der Waals surface area contributed by atoms with Crippen LogP contribution in [0.15, 0.2) is 29.8 Å². The molecule has 1 aliphatic heterocycles. The summed E-state index contributed by atoms with van der Waals surface area (Å²) in [5, 5.41) is 6.27. The first-order valence-corrected chi connectivity index (χ1v) is 9.01. The molecule has 6 heteroatoms. The molecule has 1 atom stereocenters. The molecule has 3 heterocycles. The van der Waals surface area contributed by atoms with Crippen molar-refractivity contribution in [2.24, 2.45) is 0 Å². The predicted molar refractivity (Wildman–Crippen MR) is 91.5 cm³/mol. The number of carbonyl (C=O) groups excluding carboxylic acids is 1. The Labute approximate surface area is 140 Å². The van der Waals surface area contributed by atoms with Gasteiger partial charge in [0.1, 0.15) is 0 Å². The molecule has 23 heavy (non-hydrogen) atoms. The first-order valence-electron chi connectivity index (χ1n) is 8.13. The van der Waals surface area contributed by atoms with Crippen LogP contribution in [0.3, 0.4) is 0 Å². The molecule has 122 valence electrons. The smallest absolute Gasteiger partial charge is 0.317 e. The van der Waals surface area contributed by atoms with Crippen molar-refractivity contribution in [3.05, 3.63) is 46.2 Å². The summed E-state index contributed by atoms with van der Waals surface area (Å²) >= 11 is 1.73. The number of piperidine rings is 1. The molecule has 0 spiro atoms. The quantitative estimate of drug-likeness (QED) is 0.936. The van der Waals surface area contributed by atoms with Gasteiger partial charge in [0.15, 0.2) is 0 Å². The van der Waals surface area contributed by atoms with Crippen LogP contribution in [-0.4, -0.2) is 34.0 Å². The highest BCUT2D eigenvalue weighted by Gasteiger charge is 2.26. The molecule has 3 rings (SSSR count). The second-order valence-electron chi connectivity index (χ2n) is 5.80. The number of aryl methyl sites for hydroxylation is 1. The maximum absolute atomic E-state index is 12.4. The molecule has 1 fully saturated rings. The van der Waals surface area contributed by atoms with Crippen LogP contribution >= 0.6 is 11.3 Å². The number of carbonyl (C=O) groups is 1. The Morgan fingerprint density at radius 3 is 3.09 bits per heavy atom. The standard InChI is InChI=1S/C17H22N4OS/c1-2-14-12-23-16(20-14)13-6-5-9-21(11-13)17(22)19-10-15-7-3-4-8-18-15/h3-4,7-8,12-13H,2,5-6,9-11H2,1H3,(H,19,22). The summed E-state index contributed by atoms with van der Waals surface area (Å²) in [6, 6.07) is 5.71. The van der Waals surface area contributed by atoms with Crippen LogP contribution in [0.25, 0.3) is 0 Å². The average Bonchev–Trinajstić information content (AvgIpc) is 3.10. The summed E-state index contributed by atoms with van der Waals surface area (Å²) in [4.78, 5) is 23.2. The van der Waals surface area contributed by atoms with Gasteiger partial charge in [0, 0.05) is 30.6 Å². The Kier molecular flexibility index (Phi) is 5.23. The van der Waals surface area contributed by atoms with E-state index in [1.54, 1.807) is 17.5 Å². The van der Waals surface area contributed by atoms with Crippen molar-refractivity contribution in [3.63, 3.8) is 0 Å². The number of likely N-dealkylation sites (tertiary alicyclic amines) is 1. The molecule has 0 aromatic carbocycles. The van der Waals surface area contributed by atoms with Crippen molar-refractivity contribution in [1.29, 1.82) is 0 Å². The lowest BCUT2D eigenvalue weighted by Crippen LogP contribution is -2.44. The third-order valence-electron chi connectivity index (χ3n) is 4.14. The second kappa shape index (κ2) is 7.55. The monoisotopic (exact) mass is 330 g/mol. The van der Waals surface area contributed by atoms with E-state index in [0.29, 0.717) is 12.5 Å². The van der Waals surface area contributed by atoms with E-state index in [1.807, 2.05) is 23.1 Å². The number of amides is 2. The van der Waals surface area contributed by atoms with Gasteiger partial charge in [0.25, 0.3) is 0 Å². The molecule has 1 aliphatic rings. The van der Waals surface area contributed by atoms with Crippen LogP contribution in [-0.2, 0) is 13.0 Å². The summed E-state index contributed by atoms with van der Waals surface area (Å²) < 4.78 is 0. The van der Waals surface area contributed by atoms with Crippen LogP contribution in [0.4, 0.5) is 4.79 Å². The molecule has 0 aliphatic carbocycles.